The molecule has 3 aromatic rings. The molecular formula is C16H15N5O2S. The van der Waals surface area contributed by atoms with Gasteiger partial charge in [-0.05, 0) is 31.2 Å². The van der Waals surface area contributed by atoms with E-state index >= 15 is 0 Å². The highest BCUT2D eigenvalue weighted by atomic mass is 32.2. The quantitative estimate of drug-likeness (QED) is 0.550. The van der Waals surface area contributed by atoms with Crippen molar-refractivity contribution in [2.75, 3.05) is 11.1 Å². The lowest BCUT2D eigenvalue weighted by atomic mass is 10.1. The highest BCUT2D eigenvalue weighted by Crippen LogP contribution is 2.16. The largest absolute Gasteiger partial charge is 0.325 e. The molecule has 0 saturated carbocycles. The number of hydrogen-bond donors (Lipinski definition) is 1. The number of nitrogens with zero attached hydrogens (tertiary/aromatic N) is 4. The molecule has 8 heteroatoms. The Hall–Kier alpha value is -2.87. The SMILES string of the molecule is CC(=O)c1cccc(NC(=O)CSc2nncn2-n2cccc2)c1. The van der Waals surface area contributed by atoms with Crippen LogP contribution in [0.25, 0.3) is 0 Å². The molecule has 3 rings (SSSR count). The number of benzene rings is 1. The molecule has 7 nitrogen and oxygen atoms in total. The molecule has 0 aliphatic heterocycles. The van der Waals surface area contributed by atoms with Crippen LogP contribution in [0.3, 0.4) is 0 Å². The zero-order valence-electron chi connectivity index (χ0n) is 12.9. The second kappa shape index (κ2) is 7.14. The lowest BCUT2D eigenvalue weighted by Crippen LogP contribution is -2.15. The maximum atomic E-state index is 12.1. The van der Waals surface area contributed by atoms with Crippen LogP contribution in [0.15, 0.2) is 60.3 Å². The van der Waals surface area contributed by atoms with Crippen molar-refractivity contribution < 1.29 is 9.59 Å². The van der Waals surface area contributed by atoms with Gasteiger partial charge >= 0.3 is 0 Å². The van der Waals surface area contributed by atoms with Gasteiger partial charge in [0.05, 0.1) is 5.75 Å². The molecule has 1 N–H and O–H groups in total. The van der Waals surface area contributed by atoms with Crippen molar-refractivity contribution in [3.63, 3.8) is 0 Å². The summed E-state index contributed by atoms with van der Waals surface area (Å²) >= 11 is 1.28. The molecule has 1 aromatic carbocycles. The average Bonchev–Trinajstić information content (AvgIpc) is 3.24. The van der Waals surface area contributed by atoms with Gasteiger partial charge in [0.25, 0.3) is 0 Å². The fraction of sp³-hybridized carbons (Fsp3) is 0.125. The fourth-order valence-electron chi connectivity index (χ4n) is 2.08. The van der Waals surface area contributed by atoms with Crippen LogP contribution in [0.4, 0.5) is 5.69 Å². The average molecular weight is 341 g/mol. The molecule has 122 valence electrons. The van der Waals surface area contributed by atoms with E-state index in [2.05, 4.69) is 15.5 Å². The molecule has 0 spiro atoms. The molecular weight excluding hydrogens is 326 g/mol. The van der Waals surface area contributed by atoms with Gasteiger partial charge < -0.3 is 5.32 Å². The van der Waals surface area contributed by atoms with Crippen LogP contribution in [0.1, 0.15) is 17.3 Å². The van der Waals surface area contributed by atoms with Crippen molar-refractivity contribution in [1.29, 1.82) is 0 Å². The maximum absolute atomic E-state index is 12.1. The van der Waals surface area contributed by atoms with Crippen LogP contribution in [0.5, 0.6) is 0 Å². The van der Waals surface area contributed by atoms with Gasteiger partial charge in [-0.2, -0.15) is 0 Å². The highest BCUT2D eigenvalue weighted by Gasteiger charge is 2.10. The molecule has 0 radical (unpaired) electrons. The summed E-state index contributed by atoms with van der Waals surface area (Å²) in [6.45, 7) is 1.49. The number of thioether (sulfide) groups is 1. The first kappa shape index (κ1) is 16.0. The predicted octanol–water partition coefficient (Wildman–Crippen LogP) is 2.32. The van der Waals surface area contributed by atoms with E-state index in [1.165, 1.54) is 18.7 Å². The van der Waals surface area contributed by atoms with Crippen molar-refractivity contribution in [1.82, 2.24) is 19.5 Å². The van der Waals surface area contributed by atoms with Gasteiger partial charge in [-0.15, -0.1) is 10.2 Å². The summed E-state index contributed by atoms with van der Waals surface area (Å²) < 4.78 is 3.56. The molecule has 0 saturated heterocycles. The van der Waals surface area contributed by atoms with E-state index in [9.17, 15) is 9.59 Å². The number of anilines is 1. The summed E-state index contributed by atoms with van der Waals surface area (Å²) in [5.74, 6) is -0.0346. The third-order valence-electron chi connectivity index (χ3n) is 3.22. The van der Waals surface area contributed by atoms with Crippen molar-refractivity contribution in [2.24, 2.45) is 0 Å². The summed E-state index contributed by atoms with van der Waals surface area (Å²) in [4.78, 5) is 23.5. The number of ketones is 1. The first-order chi connectivity index (χ1) is 11.6. The van der Waals surface area contributed by atoms with E-state index in [0.717, 1.165) is 0 Å². The van der Waals surface area contributed by atoms with Crippen LogP contribution in [-0.4, -0.2) is 37.0 Å². The molecule has 0 fully saturated rings. The predicted molar refractivity (Wildman–Crippen MR) is 91.1 cm³/mol. The minimum atomic E-state index is -0.178. The molecule has 0 aliphatic carbocycles. The molecule has 0 unspecified atom stereocenters. The van der Waals surface area contributed by atoms with Crippen LogP contribution < -0.4 is 5.32 Å². The summed E-state index contributed by atoms with van der Waals surface area (Å²) in [5.41, 5.74) is 1.16. The van der Waals surface area contributed by atoms with Crippen LogP contribution in [0.2, 0.25) is 0 Å². The Morgan fingerprint density at radius 1 is 1.21 bits per heavy atom. The Bertz CT molecular complexity index is 857. The fourth-order valence-corrected chi connectivity index (χ4v) is 2.80. The molecule has 0 atom stereocenters. The molecule has 1 amide bonds. The minimum Gasteiger partial charge on any atom is -0.325 e. The van der Waals surface area contributed by atoms with E-state index < -0.39 is 0 Å². The third-order valence-corrected chi connectivity index (χ3v) is 4.16. The Balaban J connectivity index is 1.62. The number of nitrogens with one attached hydrogen (secondary N) is 1. The number of Topliss-reactive ketones (excluding diaryl/α,β-unsaturated/α-hetero) is 1. The molecule has 0 aliphatic rings. The lowest BCUT2D eigenvalue weighted by Gasteiger charge is -2.08. The van der Waals surface area contributed by atoms with Gasteiger partial charge in [-0.1, -0.05) is 23.9 Å². The minimum absolute atomic E-state index is 0.0414. The van der Waals surface area contributed by atoms with Crippen LogP contribution in [0, 0.1) is 0 Å². The van der Waals surface area contributed by atoms with Crippen LogP contribution in [-0.2, 0) is 4.79 Å². The van der Waals surface area contributed by atoms with E-state index in [-0.39, 0.29) is 17.4 Å². The first-order valence-corrected chi connectivity index (χ1v) is 8.19. The van der Waals surface area contributed by atoms with Gasteiger partial charge in [0.15, 0.2) is 5.78 Å². The number of amides is 1. The summed E-state index contributed by atoms with van der Waals surface area (Å²) in [7, 11) is 0. The van der Waals surface area contributed by atoms with Gasteiger partial charge in [-0.3, -0.25) is 14.3 Å². The second-order valence-corrected chi connectivity index (χ2v) is 5.94. The molecule has 0 bridgehead atoms. The Morgan fingerprint density at radius 3 is 2.75 bits per heavy atom. The number of hydrogen-bond acceptors (Lipinski definition) is 5. The number of carbonyl (C=O) groups is 2. The molecule has 2 heterocycles. The number of aromatic nitrogens is 4. The van der Waals surface area contributed by atoms with E-state index in [1.54, 1.807) is 35.3 Å². The van der Waals surface area contributed by atoms with Gasteiger partial charge in [0.1, 0.15) is 6.33 Å². The smallest absolute Gasteiger partial charge is 0.234 e. The van der Waals surface area contributed by atoms with Crippen molar-refractivity contribution in [3.05, 3.63) is 60.7 Å². The Labute approximate surface area is 142 Å². The van der Waals surface area contributed by atoms with E-state index in [1.807, 2.05) is 29.2 Å². The number of carbonyl (C=O) groups excluding carboxylic acids is 2. The van der Waals surface area contributed by atoms with E-state index in [0.29, 0.717) is 16.4 Å². The standard InChI is InChI=1S/C16H15N5O2S/c1-12(22)13-5-4-6-14(9-13)18-15(23)10-24-16-19-17-11-21(16)20-7-2-3-8-20/h2-9,11H,10H2,1H3,(H,18,23). The summed E-state index contributed by atoms with van der Waals surface area (Å²) in [6, 6.07) is 10.6. The van der Waals surface area contributed by atoms with Crippen molar-refractivity contribution >= 4 is 29.1 Å². The monoisotopic (exact) mass is 341 g/mol. The van der Waals surface area contributed by atoms with Crippen molar-refractivity contribution in [3.8, 4) is 0 Å². The van der Waals surface area contributed by atoms with Gasteiger partial charge in [-0.25, -0.2) is 4.68 Å². The second-order valence-electron chi connectivity index (χ2n) is 4.99. The zero-order valence-corrected chi connectivity index (χ0v) is 13.7. The summed E-state index contributed by atoms with van der Waals surface area (Å²) in [5, 5.41) is 11.3. The normalized spacial score (nSPS) is 10.5. The zero-order chi connectivity index (χ0) is 16.9. The van der Waals surface area contributed by atoms with Gasteiger partial charge in [0, 0.05) is 23.6 Å². The topological polar surface area (TPSA) is 81.8 Å². The Kier molecular flexibility index (Phi) is 4.76. The lowest BCUT2D eigenvalue weighted by molar-refractivity contribution is -0.113. The van der Waals surface area contributed by atoms with Crippen molar-refractivity contribution in [2.45, 2.75) is 12.1 Å². The molecule has 2 aromatic heterocycles. The van der Waals surface area contributed by atoms with E-state index in [4.69, 9.17) is 0 Å². The highest BCUT2D eigenvalue weighted by molar-refractivity contribution is 7.99. The Morgan fingerprint density at radius 2 is 2.00 bits per heavy atom. The molecule has 24 heavy (non-hydrogen) atoms. The third kappa shape index (κ3) is 3.72. The maximum Gasteiger partial charge on any atom is 0.234 e. The van der Waals surface area contributed by atoms with Crippen LogP contribution >= 0.6 is 11.8 Å². The number of rotatable bonds is 6. The van der Waals surface area contributed by atoms with Gasteiger partial charge in [0.2, 0.25) is 11.1 Å². The summed E-state index contributed by atoms with van der Waals surface area (Å²) in [6.07, 6.45) is 5.30. The first-order valence-electron chi connectivity index (χ1n) is 7.21.